The van der Waals surface area contributed by atoms with E-state index in [2.05, 4.69) is 25.0 Å². The second kappa shape index (κ2) is 7.55. The first-order valence-electron chi connectivity index (χ1n) is 10.4. The molecule has 0 unspecified atom stereocenters. The molecule has 0 spiro atoms. The van der Waals surface area contributed by atoms with Crippen molar-refractivity contribution >= 4 is 26.9 Å². The molecule has 0 saturated heterocycles. The quantitative estimate of drug-likeness (QED) is 0.482. The maximum atomic E-state index is 12.3. The van der Waals surface area contributed by atoms with E-state index in [1.54, 1.807) is 12.3 Å². The number of sulfonamides is 1. The highest BCUT2D eigenvalue weighted by Gasteiger charge is 2.37. The molecular formula is C21H25N5O3S. The molecular weight excluding hydrogens is 402 g/mol. The van der Waals surface area contributed by atoms with E-state index in [0.717, 1.165) is 60.7 Å². The van der Waals surface area contributed by atoms with Crippen LogP contribution in [0.4, 0.5) is 5.82 Å². The number of pyridine rings is 2. The number of hydrogen-bond acceptors (Lipinski definition) is 5. The summed E-state index contributed by atoms with van der Waals surface area (Å²) in [6.45, 7) is 0. The van der Waals surface area contributed by atoms with Crippen LogP contribution in [0.3, 0.4) is 0 Å². The van der Waals surface area contributed by atoms with Crippen molar-refractivity contribution in [3.05, 3.63) is 47.0 Å². The van der Waals surface area contributed by atoms with Crippen molar-refractivity contribution in [3.63, 3.8) is 0 Å². The van der Waals surface area contributed by atoms with E-state index in [9.17, 15) is 13.2 Å². The minimum Gasteiger partial charge on any atom is -0.369 e. The monoisotopic (exact) mass is 427 g/mol. The van der Waals surface area contributed by atoms with Gasteiger partial charge in [-0.3, -0.25) is 4.79 Å². The lowest BCUT2D eigenvalue weighted by Crippen LogP contribution is -2.41. The molecule has 2 aliphatic rings. The van der Waals surface area contributed by atoms with Crippen LogP contribution in [0.15, 0.2) is 41.5 Å². The Morgan fingerprint density at radius 1 is 1.03 bits per heavy atom. The van der Waals surface area contributed by atoms with Crippen molar-refractivity contribution in [2.75, 3.05) is 5.32 Å². The van der Waals surface area contributed by atoms with E-state index in [1.807, 2.05) is 24.4 Å². The van der Waals surface area contributed by atoms with Crippen LogP contribution in [0.1, 0.15) is 38.5 Å². The maximum Gasteiger partial charge on any atom is 0.250 e. The van der Waals surface area contributed by atoms with Gasteiger partial charge in [0.2, 0.25) is 15.6 Å². The fourth-order valence-electron chi connectivity index (χ4n) is 4.25. The highest BCUT2D eigenvalue weighted by atomic mass is 32.2. The van der Waals surface area contributed by atoms with Crippen molar-refractivity contribution in [2.45, 2.75) is 55.9 Å². The highest BCUT2D eigenvalue weighted by molar-refractivity contribution is 7.90. The minimum atomic E-state index is -3.14. The van der Waals surface area contributed by atoms with Crippen molar-refractivity contribution < 1.29 is 8.42 Å². The first-order valence-corrected chi connectivity index (χ1v) is 12.0. The third-order valence-corrected chi connectivity index (χ3v) is 8.00. The minimum absolute atomic E-state index is 0.0118. The standard InChI is InChI=1S/C21H25N5O3S/c27-20-11-13(18-12-23-21-17(18)2-1-9-22-21)10-19(25-20)24-14-3-5-15(6-4-14)26-30(28,29)16-7-8-16/h1-2,9-12,14-16,26H,3-8H2,(H,22,23)(H2,24,25,27)/t14-,15-. The molecule has 2 aliphatic carbocycles. The summed E-state index contributed by atoms with van der Waals surface area (Å²) in [7, 11) is -3.14. The van der Waals surface area contributed by atoms with Crippen LogP contribution in [0.2, 0.25) is 0 Å². The van der Waals surface area contributed by atoms with Crippen LogP contribution in [0.5, 0.6) is 0 Å². The fourth-order valence-corrected chi connectivity index (χ4v) is 5.90. The first-order chi connectivity index (χ1) is 14.5. The predicted molar refractivity (Wildman–Crippen MR) is 117 cm³/mol. The van der Waals surface area contributed by atoms with Gasteiger partial charge in [-0.1, -0.05) is 0 Å². The van der Waals surface area contributed by atoms with Gasteiger partial charge in [-0.15, -0.1) is 0 Å². The average molecular weight is 428 g/mol. The van der Waals surface area contributed by atoms with Gasteiger partial charge in [-0.2, -0.15) is 0 Å². The van der Waals surface area contributed by atoms with Gasteiger partial charge in [0.25, 0.3) is 0 Å². The molecule has 30 heavy (non-hydrogen) atoms. The second-order valence-corrected chi connectivity index (χ2v) is 10.3. The van der Waals surface area contributed by atoms with E-state index in [1.165, 1.54) is 0 Å². The van der Waals surface area contributed by atoms with Gasteiger partial charge in [-0.25, -0.2) is 18.1 Å². The van der Waals surface area contributed by atoms with Gasteiger partial charge in [0.15, 0.2) is 0 Å². The topological polar surface area (TPSA) is 120 Å². The van der Waals surface area contributed by atoms with Crippen LogP contribution >= 0.6 is 0 Å². The van der Waals surface area contributed by atoms with E-state index >= 15 is 0 Å². The Balaban J connectivity index is 1.28. The largest absolute Gasteiger partial charge is 0.369 e. The number of H-pyrrole nitrogens is 2. The molecule has 3 aromatic heterocycles. The Hall–Kier alpha value is -2.65. The molecule has 3 aromatic rings. The van der Waals surface area contributed by atoms with Crippen molar-refractivity contribution in [1.82, 2.24) is 19.7 Å². The number of anilines is 1. The third kappa shape index (κ3) is 3.99. The zero-order chi connectivity index (χ0) is 20.7. The molecule has 0 aromatic carbocycles. The molecule has 158 valence electrons. The lowest BCUT2D eigenvalue weighted by atomic mass is 9.92. The highest BCUT2D eigenvalue weighted by Crippen LogP contribution is 2.31. The van der Waals surface area contributed by atoms with Crippen LogP contribution in [-0.2, 0) is 10.0 Å². The van der Waals surface area contributed by atoms with Gasteiger partial charge in [0, 0.05) is 41.5 Å². The summed E-state index contributed by atoms with van der Waals surface area (Å²) in [5, 5.41) is 4.22. The first kappa shape index (κ1) is 19.3. The van der Waals surface area contributed by atoms with Gasteiger partial charge < -0.3 is 15.3 Å². The molecule has 9 heteroatoms. The van der Waals surface area contributed by atoms with Crippen molar-refractivity contribution in [1.29, 1.82) is 0 Å². The summed E-state index contributed by atoms with van der Waals surface area (Å²) in [5.74, 6) is 0.678. The fraction of sp³-hybridized carbons (Fsp3) is 0.429. The molecule has 0 atom stereocenters. The average Bonchev–Trinajstić information content (AvgIpc) is 3.49. The summed E-state index contributed by atoms with van der Waals surface area (Å²) in [6, 6.07) is 7.59. The summed E-state index contributed by atoms with van der Waals surface area (Å²) in [4.78, 5) is 22.6. The number of aromatic nitrogens is 3. The second-order valence-electron chi connectivity index (χ2n) is 8.30. The Bertz CT molecular complexity index is 1220. The lowest BCUT2D eigenvalue weighted by molar-refractivity contribution is 0.386. The molecule has 0 aliphatic heterocycles. The number of nitrogens with zero attached hydrogens (tertiary/aromatic N) is 1. The molecule has 4 N–H and O–H groups in total. The van der Waals surface area contributed by atoms with Gasteiger partial charge in [0.05, 0.1) is 5.25 Å². The molecule has 0 radical (unpaired) electrons. The molecule has 3 heterocycles. The summed E-state index contributed by atoms with van der Waals surface area (Å²) in [6.07, 6.45) is 8.44. The molecule has 0 bridgehead atoms. The van der Waals surface area contributed by atoms with Crippen molar-refractivity contribution in [3.8, 4) is 11.1 Å². The van der Waals surface area contributed by atoms with E-state index in [4.69, 9.17) is 0 Å². The van der Waals surface area contributed by atoms with Crippen LogP contribution in [-0.4, -0.2) is 40.7 Å². The molecule has 8 nitrogen and oxygen atoms in total. The molecule has 2 fully saturated rings. The Morgan fingerprint density at radius 2 is 1.80 bits per heavy atom. The summed E-state index contributed by atoms with van der Waals surface area (Å²) in [5.41, 5.74) is 2.38. The molecule has 2 saturated carbocycles. The Labute approximate surface area is 174 Å². The SMILES string of the molecule is O=c1cc(-c2c[nH]c3ncccc23)cc(N[C@H]2CC[C@H](NS(=O)(=O)C3CC3)CC2)[nH]1. The number of aromatic amines is 2. The smallest absolute Gasteiger partial charge is 0.250 e. The maximum absolute atomic E-state index is 12.3. The normalized spacial score (nSPS) is 22.3. The van der Waals surface area contributed by atoms with Crippen LogP contribution in [0.25, 0.3) is 22.2 Å². The Kier molecular flexibility index (Phi) is 4.86. The van der Waals surface area contributed by atoms with Crippen molar-refractivity contribution in [2.24, 2.45) is 0 Å². The summed E-state index contributed by atoms with van der Waals surface area (Å²) < 4.78 is 27.2. The molecule has 0 amide bonds. The van der Waals surface area contributed by atoms with Crippen LogP contribution < -0.4 is 15.6 Å². The van der Waals surface area contributed by atoms with Gasteiger partial charge in [-0.05, 0) is 62.3 Å². The third-order valence-electron chi connectivity index (χ3n) is 5.99. The lowest BCUT2D eigenvalue weighted by Gasteiger charge is -2.30. The van der Waals surface area contributed by atoms with E-state index in [0.29, 0.717) is 5.82 Å². The zero-order valence-corrected chi connectivity index (χ0v) is 17.3. The van der Waals surface area contributed by atoms with Crippen LogP contribution in [0, 0.1) is 0 Å². The van der Waals surface area contributed by atoms with E-state index in [-0.39, 0.29) is 22.9 Å². The Morgan fingerprint density at radius 3 is 2.57 bits per heavy atom. The molecule has 5 rings (SSSR count). The number of hydrogen-bond donors (Lipinski definition) is 4. The number of rotatable bonds is 6. The van der Waals surface area contributed by atoms with Gasteiger partial charge >= 0.3 is 0 Å². The predicted octanol–water partition coefficient (Wildman–Crippen LogP) is 2.72. The van der Waals surface area contributed by atoms with E-state index < -0.39 is 10.0 Å². The van der Waals surface area contributed by atoms with Gasteiger partial charge in [0.1, 0.15) is 11.5 Å². The number of nitrogens with one attached hydrogen (secondary N) is 4. The summed E-state index contributed by atoms with van der Waals surface area (Å²) >= 11 is 0. The zero-order valence-electron chi connectivity index (χ0n) is 16.5. The number of fused-ring (bicyclic) bond motifs is 1.